The molecule has 0 aliphatic carbocycles. The Bertz CT molecular complexity index is 260. The van der Waals surface area contributed by atoms with Crippen LogP contribution in [0.2, 0.25) is 0 Å². The van der Waals surface area contributed by atoms with E-state index in [2.05, 4.69) is 21.5 Å². The van der Waals surface area contributed by atoms with Gasteiger partial charge in [-0.3, -0.25) is 0 Å². The number of carbonyl (C=O) groups excluding carboxylic acids is 2. The fraction of sp³-hybridized carbons (Fsp3) is 0.667. The Morgan fingerprint density at radius 2 is 1.93 bits per heavy atom. The quantitative estimate of drug-likeness (QED) is 0.566. The second-order valence-electron chi connectivity index (χ2n) is 2.60. The third-order valence-corrected chi connectivity index (χ3v) is 1.82. The molecule has 1 aliphatic rings. The predicted molar refractivity (Wildman–Crippen MR) is 45.3 cm³/mol. The van der Waals surface area contributed by atoms with Crippen LogP contribution in [0.15, 0.2) is 0 Å². The van der Waals surface area contributed by atoms with Crippen LogP contribution in [0, 0.1) is 0 Å². The molecule has 0 saturated carbocycles. The van der Waals surface area contributed by atoms with E-state index in [1.54, 1.807) is 6.92 Å². The van der Waals surface area contributed by atoms with Gasteiger partial charge in [0.15, 0.2) is 6.23 Å². The fourth-order valence-electron chi connectivity index (χ4n) is 1.18. The second-order valence-corrected chi connectivity index (χ2v) is 2.60. The minimum atomic E-state index is -0.926. The Morgan fingerprint density at radius 1 is 1.33 bits per heavy atom. The molecule has 0 radical (unpaired) electrons. The highest BCUT2D eigenvalue weighted by Crippen LogP contribution is 2.21. The van der Waals surface area contributed by atoms with Crippen LogP contribution < -0.4 is 11.8 Å². The van der Waals surface area contributed by atoms with E-state index >= 15 is 0 Å². The molecule has 9 nitrogen and oxygen atoms in total. The summed E-state index contributed by atoms with van der Waals surface area (Å²) in [6.45, 7) is 2.28. The van der Waals surface area contributed by atoms with Crippen molar-refractivity contribution < 1.29 is 24.0 Å². The third-order valence-electron chi connectivity index (χ3n) is 1.82. The smallest absolute Gasteiger partial charge is 0.355 e. The highest BCUT2D eigenvalue weighted by atomic mass is 16.7. The third kappa shape index (κ3) is 2.09. The first-order chi connectivity index (χ1) is 7.15. The van der Waals surface area contributed by atoms with Crippen LogP contribution in [0.25, 0.3) is 0 Å². The summed E-state index contributed by atoms with van der Waals surface area (Å²) in [5, 5.41) is 1.79. The van der Waals surface area contributed by atoms with Gasteiger partial charge in [0.25, 0.3) is 0 Å². The fourth-order valence-corrected chi connectivity index (χ4v) is 1.18. The molecule has 15 heavy (non-hydrogen) atoms. The van der Waals surface area contributed by atoms with Crippen LogP contribution >= 0.6 is 0 Å². The van der Waals surface area contributed by atoms with Crippen LogP contribution in [0.4, 0.5) is 9.59 Å². The highest BCUT2D eigenvalue weighted by Gasteiger charge is 2.46. The maximum absolute atomic E-state index is 11.1. The molecule has 4 N–H and O–H groups in total. The van der Waals surface area contributed by atoms with Gasteiger partial charge < -0.3 is 14.4 Å². The molecule has 1 heterocycles. The Labute approximate surface area is 85.3 Å². The molecule has 2 amide bonds. The molecule has 86 valence electrons. The van der Waals surface area contributed by atoms with E-state index in [0.29, 0.717) is 6.61 Å². The van der Waals surface area contributed by atoms with Crippen LogP contribution in [0.5, 0.6) is 0 Å². The molecule has 0 aromatic heterocycles. The summed E-state index contributed by atoms with van der Waals surface area (Å²) in [5.74, 6) is 9.35. The first-order valence-corrected chi connectivity index (χ1v) is 4.15. The molecule has 0 spiro atoms. The van der Waals surface area contributed by atoms with Gasteiger partial charge in [0, 0.05) is 6.61 Å². The lowest BCUT2D eigenvalue weighted by atomic mass is 10.4. The molecular weight excluding hydrogens is 208 g/mol. The molecule has 0 bridgehead atoms. The number of carbonyl (C=O) groups is 2. The first-order valence-electron chi connectivity index (χ1n) is 4.15. The van der Waals surface area contributed by atoms with Gasteiger partial charge in [-0.05, 0) is 6.92 Å². The van der Waals surface area contributed by atoms with E-state index in [1.807, 2.05) is 0 Å². The minimum Gasteiger partial charge on any atom is -0.355 e. The molecule has 9 heteroatoms. The van der Waals surface area contributed by atoms with E-state index in [4.69, 9.17) is 4.74 Å². The van der Waals surface area contributed by atoms with E-state index in [-0.39, 0.29) is 6.54 Å². The number of hydrazine groups is 1. The molecule has 0 aromatic rings. The van der Waals surface area contributed by atoms with Crippen LogP contribution in [-0.2, 0) is 14.4 Å². The van der Waals surface area contributed by atoms with Gasteiger partial charge in [-0.2, -0.15) is 16.8 Å². The largest absolute Gasteiger partial charge is 0.450 e. The normalized spacial score (nSPS) is 19.5. The average Bonchev–Trinajstić information content (AvgIpc) is 2.22. The Hall–Kier alpha value is -1.58. The number of ether oxygens (including phenoxy) is 1. The van der Waals surface area contributed by atoms with Crippen LogP contribution in [0.1, 0.15) is 6.92 Å². The lowest BCUT2D eigenvalue weighted by Crippen LogP contribution is -2.69. The summed E-state index contributed by atoms with van der Waals surface area (Å²) in [7, 11) is 0. The number of nitrogens with two attached hydrogens (primary N) is 2. The van der Waals surface area contributed by atoms with E-state index in [0.717, 1.165) is 10.0 Å². The molecule has 1 saturated heterocycles. The lowest BCUT2D eigenvalue weighted by Gasteiger charge is -2.46. The first kappa shape index (κ1) is 11.5. The van der Waals surface area contributed by atoms with Crippen LogP contribution in [0.3, 0.4) is 0 Å². The van der Waals surface area contributed by atoms with Crippen molar-refractivity contribution in [1.82, 2.24) is 10.0 Å². The van der Waals surface area contributed by atoms with Crippen molar-refractivity contribution in [2.75, 3.05) is 13.2 Å². The summed E-state index contributed by atoms with van der Waals surface area (Å²) in [6, 6.07) is 0. The molecular formula is C6H12N4O5. The summed E-state index contributed by atoms with van der Waals surface area (Å²) >= 11 is 0. The molecule has 1 atom stereocenters. The Kier molecular flexibility index (Phi) is 3.66. The topological polar surface area (TPSA) is 120 Å². The monoisotopic (exact) mass is 220 g/mol. The zero-order valence-electron chi connectivity index (χ0n) is 8.08. The summed E-state index contributed by atoms with van der Waals surface area (Å²) in [4.78, 5) is 30.0. The average molecular weight is 220 g/mol. The molecule has 1 aliphatic heterocycles. The minimum absolute atomic E-state index is 0.152. The standard InChI is InChI=1S/C6H12N4O5/c1-2-13-4-3-9(5(11)14-7)10(4)6(12)15-8/h4H,2-3,7-8H2,1H3/t4-/m0/s1. The van der Waals surface area contributed by atoms with Crippen molar-refractivity contribution in [1.29, 1.82) is 0 Å². The van der Waals surface area contributed by atoms with Crippen molar-refractivity contribution in [3.63, 3.8) is 0 Å². The van der Waals surface area contributed by atoms with Gasteiger partial charge in [-0.25, -0.2) is 14.6 Å². The van der Waals surface area contributed by atoms with E-state index < -0.39 is 18.4 Å². The number of hydrogen-bond acceptors (Lipinski definition) is 7. The van der Waals surface area contributed by atoms with Gasteiger partial charge in [-0.1, -0.05) is 0 Å². The maximum Gasteiger partial charge on any atom is 0.450 e. The predicted octanol–water partition coefficient (Wildman–Crippen LogP) is -1.10. The second kappa shape index (κ2) is 4.77. The van der Waals surface area contributed by atoms with E-state index in [9.17, 15) is 9.59 Å². The zero-order chi connectivity index (χ0) is 11.4. The van der Waals surface area contributed by atoms with Gasteiger partial charge in [0.1, 0.15) is 0 Å². The molecule has 1 rings (SSSR count). The summed E-state index contributed by atoms with van der Waals surface area (Å²) in [5.41, 5.74) is 0. The number of hydrogen-bond donors (Lipinski definition) is 2. The van der Waals surface area contributed by atoms with Crippen LogP contribution in [-0.4, -0.2) is 41.6 Å². The number of amides is 2. The van der Waals surface area contributed by atoms with Gasteiger partial charge in [0.05, 0.1) is 6.54 Å². The van der Waals surface area contributed by atoms with Crippen molar-refractivity contribution >= 4 is 12.2 Å². The Morgan fingerprint density at radius 3 is 2.40 bits per heavy atom. The van der Waals surface area contributed by atoms with Crippen molar-refractivity contribution in [3.05, 3.63) is 0 Å². The molecule has 0 unspecified atom stereocenters. The van der Waals surface area contributed by atoms with Gasteiger partial charge in [0.2, 0.25) is 0 Å². The van der Waals surface area contributed by atoms with Gasteiger partial charge >= 0.3 is 12.2 Å². The van der Waals surface area contributed by atoms with Crippen molar-refractivity contribution in [2.45, 2.75) is 13.2 Å². The molecule has 0 aromatic carbocycles. The lowest BCUT2D eigenvalue weighted by molar-refractivity contribution is -0.220. The van der Waals surface area contributed by atoms with E-state index in [1.165, 1.54) is 0 Å². The summed E-state index contributed by atoms with van der Waals surface area (Å²) in [6.07, 6.45) is -2.41. The molecule has 1 fully saturated rings. The number of nitrogens with zero attached hydrogens (tertiary/aromatic N) is 2. The van der Waals surface area contributed by atoms with Crippen molar-refractivity contribution in [3.8, 4) is 0 Å². The van der Waals surface area contributed by atoms with Gasteiger partial charge in [-0.15, -0.1) is 0 Å². The highest BCUT2D eigenvalue weighted by molar-refractivity contribution is 5.75. The SMILES string of the molecule is CCO[C@H]1CN(C(=O)ON)N1C(=O)ON. The zero-order valence-corrected chi connectivity index (χ0v) is 8.08. The van der Waals surface area contributed by atoms with Crippen molar-refractivity contribution in [2.24, 2.45) is 11.8 Å². The summed E-state index contributed by atoms with van der Waals surface area (Å²) < 4.78 is 5.12. The Balaban J connectivity index is 2.63. The maximum atomic E-state index is 11.1. The number of rotatable bonds is 2.